The molecule has 0 amide bonds. The quantitative estimate of drug-likeness (QED) is 0.789. The van der Waals surface area contributed by atoms with Crippen LogP contribution in [0.3, 0.4) is 0 Å². The third kappa shape index (κ3) is 2.46. The number of benzene rings is 2. The minimum absolute atomic E-state index is 0.109. The van der Waals surface area contributed by atoms with E-state index in [-0.39, 0.29) is 12.4 Å². The highest BCUT2D eigenvalue weighted by Gasteiger charge is 2.07. The van der Waals surface area contributed by atoms with Crippen LogP contribution in [0.15, 0.2) is 54.6 Å². The summed E-state index contributed by atoms with van der Waals surface area (Å²) >= 11 is 0. The third-order valence-corrected chi connectivity index (χ3v) is 2.97. The van der Waals surface area contributed by atoms with E-state index < -0.39 is 0 Å². The SMILES string of the molecule is OCc1cc(Oc2cccc(F)c2)nc2ccccc12. The lowest BCUT2D eigenvalue weighted by molar-refractivity contribution is 0.282. The van der Waals surface area contributed by atoms with Gasteiger partial charge in [-0.05, 0) is 23.8 Å². The van der Waals surface area contributed by atoms with Gasteiger partial charge in [-0.15, -0.1) is 0 Å². The number of ether oxygens (including phenoxy) is 1. The molecule has 100 valence electrons. The molecule has 1 aromatic heterocycles. The van der Waals surface area contributed by atoms with Crippen molar-refractivity contribution in [3.8, 4) is 11.6 Å². The summed E-state index contributed by atoms with van der Waals surface area (Å²) < 4.78 is 18.7. The molecule has 20 heavy (non-hydrogen) atoms. The number of hydrogen-bond donors (Lipinski definition) is 1. The maximum Gasteiger partial charge on any atom is 0.220 e. The Morgan fingerprint density at radius 3 is 2.70 bits per heavy atom. The Balaban J connectivity index is 2.03. The van der Waals surface area contributed by atoms with E-state index in [4.69, 9.17) is 4.74 Å². The Labute approximate surface area is 115 Å². The number of aliphatic hydroxyl groups is 1. The molecule has 0 fully saturated rings. The number of hydrogen-bond acceptors (Lipinski definition) is 3. The third-order valence-electron chi connectivity index (χ3n) is 2.97. The standard InChI is InChI=1S/C16H12FNO2/c17-12-4-3-5-13(9-12)20-16-8-11(10-19)14-6-1-2-7-15(14)18-16/h1-9,19H,10H2. The van der Waals surface area contributed by atoms with Gasteiger partial charge >= 0.3 is 0 Å². The van der Waals surface area contributed by atoms with Crippen molar-refractivity contribution in [2.75, 3.05) is 0 Å². The minimum atomic E-state index is -0.370. The Morgan fingerprint density at radius 1 is 1.05 bits per heavy atom. The molecule has 2 aromatic carbocycles. The summed E-state index contributed by atoms with van der Waals surface area (Å²) in [5, 5.41) is 10.3. The van der Waals surface area contributed by atoms with Crippen LogP contribution >= 0.6 is 0 Å². The van der Waals surface area contributed by atoms with Gasteiger partial charge in [0.25, 0.3) is 0 Å². The van der Waals surface area contributed by atoms with Crippen LogP contribution in [0.25, 0.3) is 10.9 Å². The largest absolute Gasteiger partial charge is 0.439 e. The lowest BCUT2D eigenvalue weighted by Gasteiger charge is -2.09. The van der Waals surface area contributed by atoms with Gasteiger partial charge in [-0.25, -0.2) is 9.37 Å². The maximum atomic E-state index is 13.1. The molecule has 0 saturated heterocycles. The summed E-state index contributed by atoms with van der Waals surface area (Å²) in [6.07, 6.45) is 0. The second kappa shape index (κ2) is 5.27. The predicted octanol–water partition coefficient (Wildman–Crippen LogP) is 3.66. The van der Waals surface area contributed by atoms with E-state index in [1.165, 1.54) is 12.1 Å². The van der Waals surface area contributed by atoms with Gasteiger partial charge < -0.3 is 9.84 Å². The van der Waals surface area contributed by atoms with Crippen LogP contribution in [0.4, 0.5) is 4.39 Å². The summed E-state index contributed by atoms with van der Waals surface area (Å²) in [6.45, 7) is -0.109. The molecule has 3 nitrogen and oxygen atoms in total. The van der Waals surface area contributed by atoms with Crippen molar-refractivity contribution in [2.24, 2.45) is 0 Å². The smallest absolute Gasteiger partial charge is 0.220 e. The highest BCUT2D eigenvalue weighted by molar-refractivity contribution is 5.82. The van der Waals surface area contributed by atoms with Crippen LogP contribution in [0.1, 0.15) is 5.56 Å². The summed E-state index contributed by atoms with van der Waals surface area (Å²) in [5.74, 6) is 0.334. The molecule has 0 radical (unpaired) electrons. The van der Waals surface area contributed by atoms with Crippen molar-refractivity contribution < 1.29 is 14.2 Å². The fourth-order valence-corrected chi connectivity index (χ4v) is 2.05. The number of halogens is 1. The number of aliphatic hydroxyl groups excluding tert-OH is 1. The molecule has 0 aliphatic heterocycles. The van der Waals surface area contributed by atoms with Gasteiger partial charge in [-0.2, -0.15) is 0 Å². The molecule has 3 aromatic rings. The Kier molecular flexibility index (Phi) is 3.31. The van der Waals surface area contributed by atoms with Crippen molar-refractivity contribution >= 4 is 10.9 Å². The molecule has 0 aliphatic rings. The van der Waals surface area contributed by atoms with Crippen molar-refractivity contribution in [3.05, 3.63) is 66.0 Å². The van der Waals surface area contributed by atoms with Crippen LogP contribution < -0.4 is 4.74 Å². The second-order valence-electron chi connectivity index (χ2n) is 4.35. The first-order chi connectivity index (χ1) is 9.76. The Bertz CT molecular complexity index is 758. The molecular weight excluding hydrogens is 257 g/mol. The van der Waals surface area contributed by atoms with Gasteiger partial charge in [0.15, 0.2) is 0 Å². The van der Waals surface area contributed by atoms with E-state index in [2.05, 4.69) is 4.98 Å². The highest BCUT2D eigenvalue weighted by atomic mass is 19.1. The van der Waals surface area contributed by atoms with Crippen LogP contribution in [-0.2, 0) is 6.61 Å². The lowest BCUT2D eigenvalue weighted by Crippen LogP contribution is -1.94. The van der Waals surface area contributed by atoms with E-state index in [0.717, 1.165) is 16.5 Å². The molecule has 3 rings (SSSR count). The van der Waals surface area contributed by atoms with Gasteiger partial charge in [-0.3, -0.25) is 0 Å². The van der Waals surface area contributed by atoms with Gasteiger partial charge in [0.1, 0.15) is 11.6 Å². The first kappa shape index (κ1) is 12.6. The zero-order valence-corrected chi connectivity index (χ0v) is 10.6. The van der Waals surface area contributed by atoms with Crippen LogP contribution in [0.5, 0.6) is 11.6 Å². The molecule has 0 bridgehead atoms. The molecule has 0 unspecified atom stereocenters. The van der Waals surface area contributed by atoms with Crippen molar-refractivity contribution in [3.63, 3.8) is 0 Å². The van der Waals surface area contributed by atoms with Crippen LogP contribution in [0.2, 0.25) is 0 Å². The topological polar surface area (TPSA) is 42.4 Å². The van der Waals surface area contributed by atoms with Crippen LogP contribution in [0, 0.1) is 5.82 Å². The zero-order chi connectivity index (χ0) is 13.9. The van der Waals surface area contributed by atoms with E-state index in [1.54, 1.807) is 18.2 Å². The summed E-state index contributed by atoms with van der Waals surface area (Å²) in [6, 6.07) is 15.0. The van der Waals surface area contributed by atoms with Gasteiger partial charge in [0.2, 0.25) is 5.88 Å². The van der Waals surface area contributed by atoms with Gasteiger partial charge in [0.05, 0.1) is 12.1 Å². The molecule has 0 aliphatic carbocycles. The highest BCUT2D eigenvalue weighted by Crippen LogP contribution is 2.26. The minimum Gasteiger partial charge on any atom is -0.439 e. The average molecular weight is 269 g/mol. The molecular formula is C16H12FNO2. The average Bonchev–Trinajstić information content (AvgIpc) is 2.46. The Morgan fingerprint density at radius 2 is 1.90 bits per heavy atom. The van der Waals surface area contributed by atoms with Crippen molar-refractivity contribution in [1.29, 1.82) is 0 Å². The fraction of sp³-hybridized carbons (Fsp3) is 0.0625. The summed E-state index contributed by atoms with van der Waals surface area (Å²) in [4.78, 5) is 4.35. The number of pyridine rings is 1. The number of nitrogens with zero attached hydrogens (tertiary/aromatic N) is 1. The van der Waals surface area contributed by atoms with E-state index in [0.29, 0.717) is 11.6 Å². The number of para-hydroxylation sites is 1. The monoisotopic (exact) mass is 269 g/mol. The van der Waals surface area contributed by atoms with Crippen molar-refractivity contribution in [2.45, 2.75) is 6.61 Å². The van der Waals surface area contributed by atoms with Crippen molar-refractivity contribution in [1.82, 2.24) is 4.98 Å². The zero-order valence-electron chi connectivity index (χ0n) is 10.6. The summed E-state index contributed by atoms with van der Waals surface area (Å²) in [7, 11) is 0. The molecule has 0 atom stereocenters. The second-order valence-corrected chi connectivity index (χ2v) is 4.35. The van der Waals surface area contributed by atoms with Gasteiger partial charge in [-0.1, -0.05) is 24.3 Å². The van der Waals surface area contributed by atoms with E-state index >= 15 is 0 Å². The first-order valence-electron chi connectivity index (χ1n) is 6.19. The lowest BCUT2D eigenvalue weighted by atomic mass is 10.1. The van der Waals surface area contributed by atoms with Crippen LogP contribution in [-0.4, -0.2) is 10.1 Å². The number of rotatable bonds is 3. The van der Waals surface area contributed by atoms with E-state index in [1.807, 2.05) is 24.3 Å². The normalized spacial score (nSPS) is 10.7. The fourth-order valence-electron chi connectivity index (χ4n) is 2.05. The predicted molar refractivity (Wildman–Crippen MR) is 74.1 cm³/mol. The molecule has 1 N–H and O–H groups in total. The Hall–Kier alpha value is -2.46. The molecule has 0 saturated carbocycles. The number of aromatic nitrogens is 1. The summed E-state index contributed by atoms with van der Waals surface area (Å²) in [5.41, 5.74) is 1.45. The first-order valence-corrected chi connectivity index (χ1v) is 6.19. The maximum absolute atomic E-state index is 13.1. The molecule has 1 heterocycles. The van der Waals surface area contributed by atoms with E-state index in [9.17, 15) is 9.50 Å². The van der Waals surface area contributed by atoms with Gasteiger partial charge in [0, 0.05) is 17.5 Å². The number of fused-ring (bicyclic) bond motifs is 1. The molecule has 0 spiro atoms. The molecule has 4 heteroatoms.